The first kappa shape index (κ1) is 12.9. The molecule has 4 heteroatoms. The highest BCUT2D eigenvalue weighted by Crippen LogP contribution is 2.15. The number of anilines is 1. The second-order valence-corrected chi connectivity index (χ2v) is 4.80. The molecule has 1 saturated heterocycles. The molecular weight excluding hydrogens is 226 g/mol. The summed E-state index contributed by atoms with van der Waals surface area (Å²) < 4.78 is 0. The lowest BCUT2D eigenvalue weighted by atomic mass is 10.1. The van der Waals surface area contributed by atoms with Crippen LogP contribution in [0.1, 0.15) is 23.7 Å². The van der Waals surface area contributed by atoms with Crippen molar-refractivity contribution in [3.63, 3.8) is 0 Å². The molecule has 1 aliphatic heterocycles. The van der Waals surface area contributed by atoms with Gasteiger partial charge < -0.3 is 15.5 Å². The zero-order chi connectivity index (χ0) is 13.0. The summed E-state index contributed by atoms with van der Waals surface area (Å²) in [6.45, 7) is 4.84. The van der Waals surface area contributed by atoms with Gasteiger partial charge in [-0.25, -0.2) is 0 Å². The highest BCUT2D eigenvalue weighted by atomic mass is 16.1. The third-order valence-electron chi connectivity index (χ3n) is 3.27. The van der Waals surface area contributed by atoms with Gasteiger partial charge in [-0.1, -0.05) is 12.1 Å². The van der Waals surface area contributed by atoms with Gasteiger partial charge in [0.1, 0.15) is 0 Å². The molecule has 1 aliphatic rings. The first-order valence-corrected chi connectivity index (χ1v) is 6.53. The monoisotopic (exact) mass is 247 g/mol. The van der Waals surface area contributed by atoms with E-state index in [1.165, 1.54) is 0 Å². The first-order chi connectivity index (χ1) is 8.70. The minimum atomic E-state index is 0.0202. The summed E-state index contributed by atoms with van der Waals surface area (Å²) in [5.41, 5.74) is 1.64. The number of amides is 1. The van der Waals surface area contributed by atoms with Crippen molar-refractivity contribution in [3.05, 3.63) is 29.8 Å². The van der Waals surface area contributed by atoms with Crippen molar-refractivity contribution in [2.75, 3.05) is 32.0 Å². The van der Waals surface area contributed by atoms with E-state index in [2.05, 4.69) is 22.6 Å². The lowest BCUT2D eigenvalue weighted by Crippen LogP contribution is -2.36. The van der Waals surface area contributed by atoms with Crippen LogP contribution >= 0.6 is 0 Å². The molecule has 1 unspecified atom stereocenters. The van der Waals surface area contributed by atoms with Crippen LogP contribution in [0.4, 0.5) is 5.69 Å². The lowest BCUT2D eigenvalue weighted by molar-refractivity contribution is 0.0939. The summed E-state index contributed by atoms with van der Waals surface area (Å²) in [6, 6.07) is 7.93. The number of nitrogens with zero attached hydrogens (tertiary/aromatic N) is 1. The van der Waals surface area contributed by atoms with Crippen molar-refractivity contribution in [1.82, 2.24) is 10.2 Å². The molecule has 1 aromatic rings. The Morgan fingerprint density at radius 1 is 1.44 bits per heavy atom. The van der Waals surface area contributed by atoms with Crippen LogP contribution < -0.4 is 10.6 Å². The first-order valence-electron chi connectivity index (χ1n) is 6.53. The Morgan fingerprint density at radius 2 is 2.22 bits per heavy atom. The van der Waals surface area contributed by atoms with Gasteiger partial charge in [-0.2, -0.15) is 0 Å². The third kappa shape index (κ3) is 3.01. The second-order valence-electron chi connectivity index (χ2n) is 4.80. The van der Waals surface area contributed by atoms with Gasteiger partial charge in [0.05, 0.1) is 5.56 Å². The minimum Gasteiger partial charge on any atom is -0.385 e. The van der Waals surface area contributed by atoms with E-state index < -0.39 is 0 Å². The zero-order valence-corrected chi connectivity index (χ0v) is 11.1. The van der Waals surface area contributed by atoms with Crippen molar-refractivity contribution < 1.29 is 4.79 Å². The summed E-state index contributed by atoms with van der Waals surface area (Å²) >= 11 is 0. The Kier molecular flexibility index (Phi) is 4.20. The maximum absolute atomic E-state index is 12.2. The Hall–Kier alpha value is -1.55. The Labute approximate surface area is 108 Å². The highest BCUT2D eigenvalue weighted by molar-refractivity contribution is 5.99. The standard InChI is InChI=1S/C14H21N3O/c1-3-15-13-7-5-4-6-12(13)14(18)16-11-8-9-17(2)10-11/h4-7,11,15H,3,8-10H2,1-2H3,(H,16,18). The Bertz CT molecular complexity index is 419. The van der Waals surface area contributed by atoms with Crippen LogP contribution in [0.15, 0.2) is 24.3 Å². The van der Waals surface area contributed by atoms with Crippen LogP contribution in [0, 0.1) is 0 Å². The summed E-state index contributed by atoms with van der Waals surface area (Å²) in [5, 5.41) is 6.32. The van der Waals surface area contributed by atoms with Gasteiger partial charge in [0.25, 0.3) is 5.91 Å². The molecule has 2 rings (SSSR count). The summed E-state index contributed by atoms with van der Waals surface area (Å²) in [5.74, 6) is 0.0202. The van der Waals surface area contributed by atoms with Gasteiger partial charge >= 0.3 is 0 Å². The molecule has 1 fully saturated rings. The molecular formula is C14H21N3O. The van der Waals surface area contributed by atoms with Gasteiger partial charge in [-0.05, 0) is 39.1 Å². The van der Waals surface area contributed by atoms with E-state index in [1.54, 1.807) is 0 Å². The molecule has 1 atom stereocenters. The molecule has 1 aromatic carbocycles. The SMILES string of the molecule is CCNc1ccccc1C(=O)NC1CCN(C)C1. The summed E-state index contributed by atoms with van der Waals surface area (Å²) in [4.78, 5) is 14.5. The average Bonchev–Trinajstić information content (AvgIpc) is 2.76. The second kappa shape index (κ2) is 5.87. The Morgan fingerprint density at radius 3 is 2.89 bits per heavy atom. The van der Waals surface area contributed by atoms with Crippen LogP contribution in [-0.2, 0) is 0 Å². The number of rotatable bonds is 4. The van der Waals surface area contributed by atoms with Gasteiger partial charge in [0.15, 0.2) is 0 Å². The van der Waals surface area contributed by atoms with Crippen LogP contribution in [-0.4, -0.2) is 43.5 Å². The number of hydrogen-bond acceptors (Lipinski definition) is 3. The molecule has 4 nitrogen and oxygen atoms in total. The van der Waals surface area contributed by atoms with Crippen molar-refractivity contribution in [3.8, 4) is 0 Å². The number of para-hydroxylation sites is 1. The quantitative estimate of drug-likeness (QED) is 0.848. The molecule has 1 heterocycles. The maximum Gasteiger partial charge on any atom is 0.253 e. The van der Waals surface area contributed by atoms with Crippen LogP contribution in [0.3, 0.4) is 0 Å². The normalized spacial score (nSPS) is 19.8. The molecule has 2 N–H and O–H groups in total. The van der Waals surface area contributed by atoms with E-state index in [9.17, 15) is 4.79 Å². The van der Waals surface area contributed by atoms with Crippen molar-refractivity contribution in [2.24, 2.45) is 0 Å². The zero-order valence-electron chi connectivity index (χ0n) is 11.1. The number of likely N-dealkylation sites (N-methyl/N-ethyl adjacent to an activating group) is 1. The van der Waals surface area contributed by atoms with E-state index >= 15 is 0 Å². The Balaban J connectivity index is 2.04. The van der Waals surface area contributed by atoms with E-state index in [1.807, 2.05) is 31.2 Å². The number of nitrogens with one attached hydrogen (secondary N) is 2. The molecule has 1 amide bonds. The molecule has 98 valence electrons. The van der Waals surface area contributed by atoms with E-state index in [0.29, 0.717) is 0 Å². The fourth-order valence-corrected chi connectivity index (χ4v) is 2.34. The van der Waals surface area contributed by atoms with Crippen molar-refractivity contribution in [2.45, 2.75) is 19.4 Å². The predicted molar refractivity (Wildman–Crippen MR) is 74.0 cm³/mol. The van der Waals surface area contributed by atoms with Crippen molar-refractivity contribution in [1.29, 1.82) is 0 Å². The third-order valence-corrected chi connectivity index (χ3v) is 3.27. The molecule has 0 saturated carbocycles. The fraction of sp³-hybridized carbons (Fsp3) is 0.500. The number of hydrogen-bond donors (Lipinski definition) is 2. The minimum absolute atomic E-state index is 0.0202. The molecule has 0 spiro atoms. The number of likely N-dealkylation sites (tertiary alicyclic amines) is 1. The molecule has 18 heavy (non-hydrogen) atoms. The largest absolute Gasteiger partial charge is 0.385 e. The molecule has 0 radical (unpaired) electrons. The van der Waals surface area contributed by atoms with Crippen LogP contribution in [0.5, 0.6) is 0 Å². The summed E-state index contributed by atoms with van der Waals surface area (Å²) in [7, 11) is 2.08. The molecule has 0 aromatic heterocycles. The number of carbonyl (C=O) groups excluding carboxylic acids is 1. The van der Waals surface area contributed by atoms with Crippen LogP contribution in [0.25, 0.3) is 0 Å². The average molecular weight is 247 g/mol. The number of carbonyl (C=O) groups is 1. The van der Waals surface area contributed by atoms with Crippen LogP contribution in [0.2, 0.25) is 0 Å². The smallest absolute Gasteiger partial charge is 0.253 e. The highest BCUT2D eigenvalue weighted by Gasteiger charge is 2.22. The number of benzene rings is 1. The predicted octanol–water partition coefficient (Wildman–Crippen LogP) is 1.55. The maximum atomic E-state index is 12.2. The van der Waals surface area contributed by atoms with Gasteiger partial charge in [-0.15, -0.1) is 0 Å². The topological polar surface area (TPSA) is 44.4 Å². The van der Waals surface area contributed by atoms with Crippen molar-refractivity contribution >= 4 is 11.6 Å². The van der Waals surface area contributed by atoms with E-state index in [-0.39, 0.29) is 11.9 Å². The van der Waals surface area contributed by atoms with Gasteiger partial charge in [0, 0.05) is 24.8 Å². The van der Waals surface area contributed by atoms with Gasteiger partial charge in [0.2, 0.25) is 0 Å². The van der Waals surface area contributed by atoms with E-state index in [4.69, 9.17) is 0 Å². The van der Waals surface area contributed by atoms with E-state index in [0.717, 1.165) is 37.3 Å². The molecule has 0 bridgehead atoms. The molecule has 0 aliphatic carbocycles. The summed E-state index contributed by atoms with van der Waals surface area (Å²) in [6.07, 6.45) is 1.03. The lowest BCUT2D eigenvalue weighted by Gasteiger charge is -2.15. The van der Waals surface area contributed by atoms with Gasteiger partial charge in [-0.3, -0.25) is 4.79 Å². The fourth-order valence-electron chi connectivity index (χ4n) is 2.34.